The van der Waals surface area contributed by atoms with E-state index in [2.05, 4.69) is 30.5 Å². The summed E-state index contributed by atoms with van der Waals surface area (Å²) in [6.45, 7) is 2.16. The van der Waals surface area contributed by atoms with Gasteiger partial charge in [0.25, 0.3) is 0 Å². The SMILES string of the molecule is CCCC=CC=CC=CCCCC(=O)Nc1ccc(OC)c(OC)c1. The van der Waals surface area contributed by atoms with Crippen molar-refractivity contribution in [2.75, 3.05) is 19.5 Å². The summed E-state index contributed by atoms with van der Waals surface area (Å²) in [5, 5.41) is 2.88. The van der Waals surface area contributed by atoms with Gasteiger partial charge in [0.15, 0.2) is 11.5 Å². The van der Waals surface area contributed by atoms with Gasteiger partial charge in [-0.25, -0.2) is 0 Å². The summed E-state index contributed by atoms with van der Waals surface area (Å²) < 4.78 is 10.4. The first-order chi connectivity index (χ1) is 12.2. The maximum absolute atomic E-state index is 12.0. The van der Waals surface area contributed by atoms with Crippen molar-refractivity contribution in [2.45, 2.75) is 39.0 Å². The molecule has 0 aliphatic carbocycles. The topological polar surface area (TPSA) is 47.6 Å². The molecular formula is C21H29NO3. The molecule has 0 saturated carbocycles. The Bertz CT molecular complexity index is 603. The Morgan fingerprint density at radius 1 is 1.00 bits per heavy atom. The van der Waals surface area contributed by atoms with E-state index in [0.717, 1.165) is 19.3 Å². The van der Waals surface area contributed by atoms with E-state index >= 15 is 0 Å². The van der Waals surface area contributed by atoms with Crippen molar-refractivity contribution < 1.29 is 14.3 Å². The number of carbonyl (C=O) groups is 1. The van der Waals surface area contributed by atoms with Crippen LogP contribution in [0.5, 0.6) is 11.5 Å². The van der Waals surface area contributed by atoms with E-state index in [-0.39, 0.29) is 5.91 Å². The van der Waals surface area contributed by atoms with Gasteiger partial charge < -0.3 is 14.8 Å². The predicted molar refractivity (Wildman–Crippen MR) is 104 cm³/mol. The van der Waals surface area contributed by atoms with Gasteiger partial charge in [-0.1, -0.05) is 49.8 Å². The molecule has 0 saturated heterocycles. The van der Waals surface area contributed by atoms with Crippen LogP contribution in [-0.4, -0.2) is 20.1 Å². The monoisotopic (exact) mass is 343 g/mol. The number of hydrogen-bond acceptors (Lipinski definition) is 3. The fourth-order valence-electron chi connectivity index (χ4n) is 2.16. The molecule has 0 spiro atoms. The third-order valence-electron chi connectivity index (χ3n) is 3.50. The van der Waals surface area contributed by atoms with Crippen LogP contribution in [0.2, 0.25) is 0 Å². The quantitative estimate of drug-likeness (QED) is 0.439. The zero-order valence-corrected chi connectivity index (χ0v) is 15.5. The first-order valence-electron chi connectivity index (χ1n) is 8.71. The van der Waals surface area contributed by atoms with E-state index < -0.39 is 0 Å². The average molecular weight is 343 g/mol. The largest absolute Gasteiger partial charge is 0.493 e. The third-order valence-corrected chi connectivity index (χ3v) is 3.50. The van der Waals surface area contributed by atoms with Crippen LogP contribution < -0.4 is 14.8 Å². The molecule has 4 heteroatoms. The predicted octanol–water partition coefficient (Wildman–Crippen LogP) is 5.28. The number of carbonyl (C=O) groups excluding carboxylic acids is 1. The molecule has 4 nitrogen and oxygen atoms in total. The molecule has 0 heterocycles. The van der Waals surface area contributed by atoms with E-state index in [9.17, 15) is 4.79 Å². The number of amides is 1. The number of ether oxygens (including phenoxy) is 2. The molecule has 1 aromatic carbocycles. The molecule has 0 aromatic heterocycles. The van der Waals surface area contributed by atoms with Crippen LogP contribution in [0.25, 0.3) is 0 Å². The molecule has 0 aliphatic heterocycles. The Kier molecular flexibility index (Phi) is 10.6. The summed E-state index contributed by atoms with van der Waals surface area (Å²) in [7, 11) is 3.16. The summed E-state index contributed by atoms with van der Waals surface area (Å²) in [6.07, 6.45) is 16.8. The van der Waals surface area contributed by atoms with Gasteiger partial charge in [0.2, 0.25) is 5.91 Å². The molecule has 0 atom stereocenters. The molecule has 1 N–H and O–H groups in total. The minimum Gasteiger partial charge on any atom is -0.493 e. The van der Waals surface area contributed by atoms with E-state index in [4.69, 9.17) is 9.47 Å². The molecule has 0 unspecified atom stereocenters. The lowest BCUT2D eigenvalue weighted by Gasteiger charge is -2.10. The first kappa shape index (κ1) is 20.6. The van der Waals surface area contributed by atoms with Gasteiger partial charge in [-0.15, -0.1) is 0 Å². The number of nitrogens with one attached hydrogen (secondary N) is 1. The van der Waals surface area contributed by atoms with Gasteiger partial charge in [-0.3, -0.25) is 4.79 Å². The van der Waals surface area contributed by atoms with Crippen LogP contribution in [0.4, 0.5) is 5.69 Å². The summed E-state index contributed by atoms with van der Waals surface area (Å²) in [5.41, 5.74) is 0.708. The second kappa shape index (κ2) is 12.9. The van der Waals surface area contributed by atoms with Crippen molar-refractivity contribution in [1.82, 2.24) is 0 Å². The number of unbranched alkanes of at least 4 members (excludes halogenated alkanes) is 2. The minimum absolute atomic E-state index is 0.00124. The maximum atomic E-state index is 12.0. The second-order valence-corrected chi connectivity index (χ2v) is 5.54. The zero-order chi connectivity index (χ0) is 18.3. The van der Waals surface area contributed by atoms with Crippen LogP contribution in [-0.2, 0) is 4.79 Å². The van der Waals surface area contributed by atoms with Gasteiger partial charge in [0, 0.05) is 18.2 Å². The van der Waals surface area contributed by atoms with E-state index in [0.29, 0.717) is 23.6 Å². The van der Waals surface area contributed by atoms with E-state index in [1.165, 1.54) is 6.42 Å². The Labute approximate surface area is 151 Å². The molecule has 0 bridgehead atoms. The standard InChI is InChI=1S/C21H29NO3/c1-4-5-6-7-8-9-10-11-12-13-14-21(23)22-18-15-16-19(24-2)20(17-18)25-3/h6-11,15-17H,4-5,12-14H2,1-3H3,(H,22,23). The van der Waals surface area contributed by atoms with Crippen LogP contribution >= 0.6 is 0 Å². The molecule has 136 valence electrons. The van der Waals surface area contributed by atoms with E-state index in [1.54, 1.807) is 32.4 Å². The molecule has 0 radical (unpaired) electrons. The van der Waals surface area contributed by atoms with Crippen LogP contribution in [0, 0.1) is 0 Å². The molecule has 1 rings (SSSR count). The van der Waals surface area contributed by atoms with Crippen molar-refractivity contribution >= 4 is 11.6 Å². The van der Waals surface area contributed by atoms with Crippen LogP contribution in [0.3, 0.4) is 0 Å². The highest BCUT2D eigenvalue weighted by Gasteiger charge is 2.07. The summed E-state index contributed by atoms with van der Waals surface area (Å²) in [6, 6.07) is 5.34. The molecule has 1 amide bonds. The van der Waals surface area contributed by atoms with Crippen molar-refractivity contribution in [2.24, 2.45) is 0 Å². The summed E-state index contributed by atoms with van der Waals surface area (Å²) in [5.74, 6) is 1.24. The first-order valence-corrected chi connectivity index (χ1v) is 8.71. The highest BCUT2D eigenvalue weighted by molar-refractivity contribution is 5.91. The highest BCUT2D eigenvalue weighted by Crippen LogP contribution is 2.29. The fourth-order valence-corrected chi connectivity index (χ4v) is 2.16. The number of rotatable bonds is 11. The Hall–Kier alpha value is -2.49. The van der Waals surface area contributed by atoms with Crippen molar-refractivity contribution in [3.05, 3.63) is 54.7 Å². The van der Waals surface area contributed by atoms with Gasteiger partial charge in [-0.05, 0) is 31.4 Å². The number of hydrogen-bond donors (Lipinski definition) is 1. The number of allylic oxidation sites excluding steroid dienone is 6. The molecule has 0 fully saturated rings. The summed E-state index contributed by atoms with van der Waals surface area (Å²) in [4.78, 5) is 12.0. The number of methoxy groups -OCH3 is 2. The van der Waals surface area contributed by atoms with Gasteiger partial charge in [-0.2, -0.15) is 0 Å². The van der Waals surface area contributed by atoms with Crippen molar-refractivity contribution in [1.29, 1.82) is 0 Å². The van der Waals surface area contributed by atoms with Crippen molar-refractivity contribution in [3.63, 3.8) is 0 Å². The van der Waals surface area contributed by atoms with Crippen LogP contribution in [0.15, 0.2) is 54.7 Å². The lowest BCUT2D eigenvalue weighted by molar-refractivity contribution is -0.116. The Balaban J connectivity index is 2.29. The van der Waals surface area contributed by atoms with E-state index in [1.807, 2.05) is 18.2 Å². The zero-order valence-electron chi connectivity index (χ0n) is 15.5. The molecule has 0 aliphatic rings. The third kappa shape index (κ3) is 8.80. The number of anilines is 1. The maximum Gasteiger partial charge on any atom is 0.224 e. The average Bonchev–Trinajstić information content (AvgIpc) is 2.63. The normalized spacial score (nSPS) is 11.5. The van der Waals surface area contributed by atoms with Crippen molar-refractivity contribution in [3.8, 4) is 11.5 Å². The molecular weight excluding hydrogens is 314 g/mol. The minimum atomic E-state index is -0.00124. The Morgan fingerprint density at radius 2 is 1.68 bits per heavy atom. The highest BCUT2D eigenvalue weighted by atomic mass is 16.5. The lowest BCUT2D eigenvalue weighted by Crippen LogP contribution is -2.11. The summed E-state index contributed by atoms with van der Waals surface area (Å²) >= 11 is 0. The second-order valence-electron chi connectivity index (χ2n) is 5.54. The molecule has 1 aromatic rings. The van der Waals surface area contributed by atoms with Gasteiger partial charge in [0.05, 0.1) is 14.2 Å². The Morgan fingerprint density at radius 3 is 2.32 bits per heavy atom. The molecule has 25 heavy (non-hydrogen) atoms. The fraction of sp³-hybridized carbons (Fsp3) is 0.381. The smallest absolute Gasteiger partial charge is 0.224 e. The number of benzene rings is 1. The van der Waals surface area contributed by atoms with Gasteiger partial charge in [0.1, 0.15) is 0 Å². The van der Waals surface area contributed by atoms with Crippen LogP contribution in [0.1, 0.15) is 39.0 Å². The lowest BCUT2D eigenvalue weighted by atomic mass is 10.2. The van der Waals surface area contributed by atoms with Gasteiger partial charge >= 0.3 is 0 Å².